The van der Waals surface area contributed by atoms with Gasteiger partial charge in [0.15, 0.2) is 0 Å². The summed E-state index contributed by atoms with van der Waals surface area (Å²) in [5.74, 6) is 0.824. The maximum absolute atomic E-state index is 5.71. The molecule has 0 radical (unpaired) electrons. The Morgan fingerprint density at radius 1 is 1.21 bits per heavy atom. The molecule has 102 valence electrons. The highest BCUT2D eigenvalue weighted by molar-refractivity contribution is 7.11. The van der Waals surface area contributed by atoms with Gasteiger partial charge in [0.25, 0.3) is 0 Å². The molecule has 3 nitrogen and oxygen atoms in total. The lowest BCUT2D eigenvalue weighted by atomic mass is 10.4. The highest BCUT2D eigenvalue weighted by atomic mass is 32.1. The van der Waals surface area contributed by atoms with Crippen molar-refractivity contribution in [2.75, 3.05) is 6.54 Å². The van der Waals surface area contributed by atoms with Crippen LogP contribution in [0.4, 0.5) is 0 Å². The predicted molar refractivity (Wildman–Crippen MR) is 79.6 cm³/mol. The molecule has 0 aliphatic carbocycles. The number of pyridine rings is 1. The summed E-state index contributed by atoms with van der Waals surface area (Å²) >= 11 is 1.80. The minimum Gasteiger partial charge on any atom is -0.486 e. The Kier molecular flexibility index (Phi) is 5.36. The summed E-state index contributed by atoms with van der Waals surface area (Å²) in [4.78, 5) is 6.81. The minimum atomic E-state index is 0.614. The van der Waals surface area contributed by atoms with Gasteiger partial charge in [0.2, 0.25) is 0 Å². The molecule has 0 spiro atoms. The summed E-state index contributed by atoms with van der Waals surface area (Å²) in [6.07, 6.45) is 2.94. The monoisotopic (exact) mass is 276 g/mol. The summed E-state index contributed by atoms with van der Waals surface area (Å²) in [5.41, 5.74) is 1.01. The van der Waals surface area contributed by atoms with Crippen molar-refractivity contribution in [3.63, 3.8) is 0 Å². The number of nitrogens with zero attached hydrogens (tertiary/aromatic N) is 1. The summed E-state index contributed by atoms with van der Waals surface area (Å²) in [7, 11) is 0. The Labute approximate surface area is 118 Å². The quantitative estimate of drug-likeness (QED) is 0.786. The zero-order valence-corrected chi connectivity index (χ0v) is 12.3. The zero-order valence-electron chi connectivity index (χ0n) is 11.5. The second-order valence-electron chi connectivity index (χ2n) is 4.47. The van der Waals surface area contributed by atoms with Gasteiger partial charge in [-0.25, -0.2) is 0 Å². The van der Waals surface area contributed by atoms with Crippen LogP contribution in [0, 0.1) is 6.92 Å². The highest BCUT2D eigenvalue weighted by Crippen LogP contribution is 2.19. The second-order valence-corrected chi connectivity index (χ2v) is 5.72. The topological polar surface area (TPSA) is 34.1 Å². The molecule has 2 rings (SSSR count). The molecule has 0 unspecified atom stereocenters. The first kappa shape index (κ1) is 14.0. The fourth-order valence-electron chi connectivity index (χ4n) is 1.68. The van der Waals surface area contributed by atoms with Crippen LogP contribution in [0.3, 0.4) is 0 Å². The number of aryl methyl sites for hydroxylation is 1. The number of aromatic nitrogens is 1. The molecule has 19 heavy (non-hydrogen) atoms. The van der Waals surface area contributed by atoms with E-state index in [9.17, 15) is 0 Å². The summed E-state index contributed by atoms with van der Waals surface area (Å²) < 4.78 is 5.71. The number of nitrogens with one attached hydrogen (secondary N) is 1. The maximum Gasteiger partial charge on any atom is 0.138 e. The normalized spacial score (nSPS) is 10.6. The van der Waals surface area contributed by atoms with E-state index in [0.29, 0.717) is 6.61 Å². The molecule has 0 aliphatic heterocycles. The summed E-state index contributed by atoms with van der Waals surface area (Å²) in [6.45, 7) is 6.78. The van der Waals surface area contributed by atoms with Crippen molar-refractivity contribution in [2.24, 2.45) is 0 Å². The number of hydrogen-bond acceptors (Lipinski definition) is 4. The second kappa shape index (κ2) is 7.26. The fraction of sp³-hybridized carbons (Fsp3) is 0.400. The molecule has 4 heteroatoms. The van der Waals surface area contributed by atoms with E-state index in [2.05, 4.69) is 29.4 Å². The third-order valence-corrected chi connectivity index (χ3v) is 3.77. The van der Waals surface area contributed by atoms with E-state index in [4.69, 9.17) is 4.74 Å². The van der Waals surface area contributed by atoms with E-state index in [0.717, 1.165) is 24.5 Å². The molecule has 0 saturated heterocycles. The van der Waals surface area contributed by atoms with Gasteiger partial charge < -0.3 is 10.1 Å². The van der Waals surface area contributed by atoms with Crippen LogP contribution >= 0.6 is 11.3 Å². The molecule has 2 aromatic heterocycles. The van der Waals surface area contributed by atoms with Crippen LogP contribution in [0.2, 0.25) is 0 Å². The highest BCUT2D eigenvalue weighted by Gasteiger charge is 2.01. The molecule has 0 atom stereocenters. The smallest absolute Gasteiger partial charge is 0.138 e. The maximum atomic E-state index is 5.71. The summed E-state index contributed by atoms with van der Waals surface area (Å²) in [5, 5.41) is 3.40. The van der Waals surface area contributed by atoms with E-state index in [1.165, 1.54) is 16.2 Å². The van der Waals surface area contributed by atoms with Crippen LogP contribution in [-0.4, -0.2) is 11.5 Å². The predicted octanol–water partition coefficient (Wildman–Crippen LogP) is 3.53. The van der Waals surface area contributed by atoms with Crippen LogP contribution in [-0.2, 0) is 13.2 Å². The van der Waals surface area contributed by atoms with Crippen molar-refractivity contribution in [2.45, 2.75) is 33.4 Å². The van der Waals surface area contributed by atoms with Crippen LogP contribution in [0.5, 0.6) is 5.75 Å². The standard InChI is InChI=1S/C15H20N2OS/c1-3-8-16-10-14-6-7-15(19-14)11-18-13-5-4-12(2)17-9-13/h4-7,9,16H,3,8,10-11H2,1-2H3. The van der Waals surface area contributed by atoms with Gasteiger partial charge in [-0.05, 0) is 44.2 Å². The molecule has 2 heterocycles. The van der Waals surface area contributed by atoms with Gasteiger partial charge in [0.05, 0.1) is 6.20 Å². The Balaban J connectivity index is 1.81. The van der Waals surface area contributed by atoms with Gasteiger partial charge in [-0.2, -0.15) is 0 Å². The molecule has 0 aromatic carbocycles. The lowest BCUT2D eigenvalue weighted by molar-refractivity contribution is 0.308. The zero-order chi connectivity index (χ0) is 13.5. The molecule has 0 saturated carbocycles. The molecular formula is C15H20N2OS. The summed E-state index contributed by atoms with van der Waals surface area (Å²) in [6, 6.07) is 8.22. The van der Waals surface area contributed by atoms with Crippen molar-refractivity contribution in [3.05, 3.63) is 45.9 Å². The van der Waals surface area contributed by atoms with Crippen molar-refractivity contribution >= 4 is 11.3 Å². The van der Waals surface area contributed by atoms with Crippen molar-refractivity contribution in [1.29, 1.82) is 0 Å². The van der Waals surface area contributed by atoms with Crippen molar-refractivity contribution in [3.8, 4) is 5.75 Å². The van der Waals surface area contributed by atoms with E-state index in [1.54, 1.807) is 17.5 Å². The van der Waals surface area contributed by atoms with E-state index < -0.39 is 0 Å². The van der Waals surface area contributed by atoms with Gasteiger partial charge in [0.1, 0.15) is 12.4 Å². The van der Waals surface area contributed by atoms with Gasteiger partial charge in [-0.15, -0.1) is 11.3 Å². The molecular weight excluding hydrogens is 256 g/mol. The fourth-order valence-corrected chi connectivity index (χ4v) is 2.58. The first-order valence-electron chi connectivity index (χ1n) is 6.61. The van der Waals surface area contributed by atoms with Crippen LogP contribution in [0.1, 0.15) is 28.8 Å². The first-order valence-corrected chi connectivity index (χ1v) is 7.43. The van der Waals surface area contributed by atoms with Gasteiger partial charge in [-0.1, -0.05) is 6.92 Å². The Morgan fingerprint density at radius 2 is 2.05 bits per heavy atom. The molecule has 0 bridgehead atoms. The van der Waals surface area contributed by atoms with E-state index >= 15 is 0 Å². The molecule has 1 N–H and O–H groups in total. The average Bonchev–Trinajstić information content (AvgIpc) is 2.86. The SMILES string of the molecule is CCCNCc1ccc(COc2ccc(C)nc2)s1. The number of ether oxygens (including phenoxy) is 1. The Bertz CT molecular complexity index is 493. The van der Waals surface area contributed by atoms with E-state index in [1.807, 2.05) is 19.1 Å². The van der Waals surface area contributed by atoms with Gasteiger partial charge >= 0.3 is 0 Å². The minimum absolute atomic E-state index is 0.614. The third-order valence-electron chi connectivity index (χ3n) is 2.71. The molecule has 0 amide bonds. The van der Waals surface area contributed by atoms with Gasteiger partial charge in [0, 0.05) is 22.0 Å². The number of rotatable bonds is 7. The first-order chi connectivity index (χ1) is 9.28. The third kappa shape index (κ3) is 4.65. The lowest BCUT2D eigenvalue weighted by Crippen LogP contribution is -2.12. The van der Waals surface area contributed by atoms with Crippen LogP contribution in [0.15, 0.2) is 30.5 Å². The Morgan fingerprint density at radius 3 is 2.79 bits per heavy atom. The van der Waals surface area contributed by atoms with Crippen LogP contribution < -0.4 is 10.1 Å². The molecule has 0 fully saturated rings. The van der Waals surface area contributed by atoms with Crippen molar-refractivity contribution < 1.29 is 4.74 Å². The average molecular weight is 276 g/mol. The molecule has 2 aromatic rings. The van der Waals surface area contributed by atoms with Crippen molar-refractivity contribution in [1.82, 2.24) is 10.3 Å². The lowest BCUT2D eigenvalue weighted by Gasteiger charge is -2.04. The Hall–Kier alpha value is -1.39. The largest absolute Gasteiger partial charge is 0.486 e. The number of hydrogen-bond donors (Lipinski definition) is 1. The molecule has 0 aliphatic rings. The van der Waals surface area contributed by atoms with Gasteiger partial charge in [-0.3, -0.25) is 4.98 Å². The number of thiophene rings is 1. The van der Waals surface area contributed by atoms with Crippen LogP contribution in [0.25, 0.3) is 0 Å². The van der Waals surface area contributed by atoms with E-state index in [-0.39, 0.29) is 0 Å².